The molecule has 0 amide bonds. The Morgan fingerprint density at radius 1 is 1.50 bits per heavy atom. The molecule has 0 radical (unpaired) electrons. The number of nitrogens with one attached hydrogen (secondary N) is 1. The number of hydrogen-bond acceptors (Lipinski definition) is 2. The van der Waals surface area contributed by atoms with E-state index in [2.05, 4.69) is 36.5 Å². The lowest BCUT2D eigenvalue weighted by atomic mass is 10.1. The lowest BCUT2D eigenvalue weighted by Gasteiger charge is -2.19. The van der Waals surface area contributed by atoms with Gasteiger partial charge in [-0.3, -0.25) is 4.21 Å². The Balaban J connectivity index is 2.00. The van der Waals surface area contributed by atoms with Gasteiger partial charge in [0, 0.05) is 34.9 Å². The zero-order valence-corrected chi connectivity index (χ0v) is 10.7. The highest BCUT2D eigenvalue weighted by molar-refractivity contribution is 7.84. The highest BCUT2D eigenvalue weighted by atomic mass is 32.2. The third-order valence-electron chi connectivity index (χ3n) is 3.10. The molecule has 0 aromatic heterocycles. The van der Waals surface area contributed by atoms with Gasteiger partial charge in [0.05, 0.1) is 0 Å². The van der Waals surface area contributed by atoms with E-state index < -0.39 is 10.8 Å². The maximum atomic E-state index is 11.1. The van der Waals surface area contributed by atoms with Crippen molar-refractivity contribution >= 4 is 10.8 Å². The Labute approximate surface area is 99.9 Å². The summed E-state index contributed by atoms with van der Waals surface area (Å²) in [5.41, 5.74) is 2.89. The van der Waals surface area contributed by atoms with Crippen molar-refractivity contribution in [2.24, 2.45) is 0 Å². The fraction of sp³-hybridized carbons (Fsp3) is 0.538. The summed E-state index contributed by atoms with van der Waals surface area (Å²) in [5.74, 6) is 0.735. The van der Waals surface area contributed by atoms with Crippen LogP contribution in [0.15, 0.2) is 24.3 Å². The first-order valence-corrected chi connectivity index (χ1v) is 7.53. The summed E-state index contributed by atoms with van der Waals surface area (Å²) < 4.78 is 11.1. The van der Waals surface area contributed by atoms with Crippen LogP contribution in [-0.2, 0) is 17.2 Å². The van der Waals surface area contributed by atoms with Crippen LogP contribution in [0.25, 0.3) is 0 Å². The van der Waals surface area contributed by atoms with Gasteiger partial charge in [0.15, 0.2) is 0 Å². The van der Waals surface area contributed by atoms with Crippen LogP contribution in [0.3, 0.4) is 0 Å². The second-order valence-electron chi connectivity index (χ2n) is 4.60. The van der Waals surface area contributed by atoms with Gasteiger partial charge in [-0.15, -0.1) is 0 Å². The van der Waals surface area contributed by atoms with Crippen LogP contribution < -0.4 is 5.32 Å². The van der Waals surface area contributed by atoms with Crippen LogP contribution in [0.1, 0.15) is 30.5 Å². The third-order valence-corrected chi connectivity index (χ3v) is 4.07. The molecule has 1 aromatic rings. The number of benzene rings is 1. The zero-order chi connectivity index (χ0) is 11.5. The average Bonchev–Trinajstić information content (AvgIpc) is 2.61. The Kier molecular flexibility index (Phi) is 3.77. The smallest absolute Gasteiger partial charge is 0.0383 e. The van der Waals surface area contributed by atoms with Crippen molar-refractivity contribution < 1.29 is 4.21 Å². The standard InChI is InChI=1S/C13H19NOS/c1-10(9-16(2)15)14-13-8-7-11-5-3-4-6-12(11)13/h3-6,10,13-14H,7-9H2,1-2H3. The summed E-state index contributed by atoms with van der Waals surface area (Å²) in [4.78, 5) is 0. The first-order valence-electron chi connectivity index (χ1n) is 5.80. The van der Waals surface area contributed by atoms with E-state index in [9.17, 15) is 4.21 Å². The summed E-state index contributed by atoms with van der Waals surface area (Å²) >= 11 is 0. The molecule has 1 N–H and O–H groups in total. The van der Waals surface area contributed by atoms with Crippen molar-refractivity contribution in [3.05, 3.63) is 35.4 Å². The molecule has 3 unspecified atom stereocenters. The molecule has 3 heteroatoms. The second-order valence-corrected chi connectivity index (χ2v) is 6.08. The van der Waals surface area contributed by atoms with Crippen molar-refractivity contribution in [1.82, 2.24) is 5.32 Å². The Bertz CT molecular complexity index is 391. The van der Waals surface area contributed by atoms with Crippen molar-refractivity contribution in [3.8, 4) is 0 Å². The van der Waals surface area contributed by atoms with Gasteiger partial charge < -0.3 is 5.32 Å². The van der Waals surface area contributed by atoms with E-state index in [0.29, 0.717) is 12.1 Å². The van der Waals surface area contributed by atoms with Crippen molar-refractivity contribution in [2.75, 3.05) is 12.0 Å². The van der Waals surface area contributed by atoms with E-state index in [1.807, 2.05) is 0 Å². The number of rotatable bonds is 4. The minimum Gasteiger partial charge on any atom is -0.307 e. The SMILES string of the molecule is CC(CS(C)=O)NC1CCc2ccccc21. The molecule has 0 aliphatic heterocycles. The van der Waals surface area contributed by atoms with Gasteiger partial charge in [0.1, 0.15) is 0 Å². The summed E-state index contributed by atoms with van der Waals surface area (Å²) in [6, 6.07) is 9.39. The number of hydrogen-bond donors (Lipinski definition) is 1. The van der Waals surface area contributed by atoms with Gasteiger partial charge in [-0.25, -0.2) is 0 Å². The largest absolute Gasteiger partial charge is 0.307 e. The number of aryl methyl sites for hydroxylation is 1. The maximum absolute atomic E-state index is 11.1. The van der Waals surface area contributed by atoms with E-state index in [4.69, 9.17) is 0 Å². The molecule has 2 rings (SSSR count). The zero-order valence-electron chi connectivity index (χ0n) is 9.90. The Morgan fingerprint density at radius 3 is 3.00 bits per heavy atom. The minimum absolute atomic E-state index is 0.321. The average molecular weight is 237 g/mol. The van der Waals surface area contributed by atoms with Gasteiger partial charge in [-0.1, -0.05) is 24.3 Å². The monoisotopic (exact) mass is 237 g/mol. The van der Waals surface area contributed by atoms with E-state index in [-0.39, 0.29) is 0 Å². The molecule has 3 atom stereocenters. The van der Waals surface area contributed by atoms with Crippen LogP contribution in [0, 0.1) is 0 Å². The van der Waals surface area contributed by atoms with Crippen molar-refractivity contribution in [3.63, 3.8) is 0 Å². The summed E-state index contributed by atoms with van der Waals surface area (Å²) in [5, 5.41) is 3.57. The highest BCUT2D eigenvalue weighted by Crippen LogP contribution is 2.30. The number of fused-ring (bicyclic) bond motifs is 1. The Morgan fingerprint density at radius 2 is 2.25 bits per heavy atom. The topological polar surface area (TPSA) is 29.1 Å². The van der Waals surface area contributed by atoms with Crippen LogP contribution in [0.2, 0.25) is 0 Å². The maximum Gasteiger partial charge on any atom is 0.0383 e. The molecule has 0 bridgehead atoms. The molecule has 0 fully saturated rings. The van der Waals surface area contributed by atoms with Gasteiger partial charge >= 0.3 is 0 Å². The molecule has 2 nitrogen and oxygen atoms in total. The van der Waals surface area contributed by atoms with Gasteiger partial charge in [0.25, 0.3) is 0 Å². The lowest BCUT2D eigenvalue weighted by molar-refractivity contribution is 0.477. The highest BCUT2D eigenvalue weighted by Gasteiger charge is 2.22. The fourth-order valence-corrected chi connectivity index (χ4v) is 3.27. The lowest BCUT2D eigenvalue weighted by Crippen LogP contribution is -2.33. The molecular formula is C13H19NOS. The molecular weight excluding hydrogens is 218 g/mol. The predicted molar refractivity (Wildman–Crippen MR) is 69.0 cm³/mol. The van der Waals surface area contributed by atoms with E-state index in [1.165, 1.54) is 17.5 Å². The normalized spacial score (nSPS) is 22.8. The molecule has 1 aromatic carbocycles. The molecule has 88 valence electrons. The second kappa shape index (κ2) is 5.11. The van der Waals surface area contributed by atoms with Gasteiger partial charge in [-0.05, 0) is 30.9 Å². The third kappa shape index (κ3) is 2.71. The van der Waals surface area contributed by atoms with E-state index in [0.717, 1.165) is 12.2 Å². The predicted octanol–water partition coefficient (Wildman–Crippen LogP) is 2.03. The van der Waals surface area contributed by atoms with Crippen molar-refractivity contribution in [2.45, 2.75) is 31.8 Å². The van der Waals surface area contributed by atoms with Crippen molar-refractivity contribution in [1.29, 1.82) is 0 Å². The molecule has 0 saturated heterocycles. The molecule has 1 aliphatic carbocycles. The van der Waals surface area contributed by atoms with Crippen LogP contribution in [0.4, 0.5) is 0 Å². The van der Waals surface area contributed by atoms with Crippen LogP contribution >= 0.6 is 0 Å². The van der Waals surface area contributed by atoms with E-state index >= 15 is 0 Å². The fourth-order valence-electron chi connectivity index (χ4n) is 2.47. The Hall–Kier alpha value is -0.670. The minimum atomic E-state index is -0.716. The van der Waals surface area contributed by atoms with Crippen LogP contribution in [0.5, 0.6) is 0 Å². The molecule has 1 aliphatic rings. The van der Waals surface area contributed by atoms with Gasteiger partial charge in [0.2, 0.25) is 0 Å². The first-order chi connectivity index (χ1) is 7.66. The molecule has 0 saturated carbocycles. The summed E-state index contributed by atoms with van der Waals surface area (Å²) in [6.45, 7) is 2.11. The van der Waals surface area contributed by atoms with Crippen LogP contribution in [-0.4, -0.2) is 22.3 Å². The summed E-state index contributed by atoms with van der Waals surface area (Å²) in [7, 11) is -0.716. The molecule has 0 heterocycles. The molecule has 0 spiro atoms. The summed E-state index contributed by atoms with van der Waals surface area (Å²) in [6.07, 6.45) is 4.09. The van der Waals surface area contributed by atoms with Gasteiger partial charge in [-0.2, -0.15) is 0 Å². The van der Waals surface area contributed by atoms with E-state index in [1.54, 1.807) is 6.26 Å². The molecule has 16 heavy (non-hydrogen) atoms. The first kappa shape index (κ1) is 11.8. The quantitative estimate of drug-likeness (QED) is 0.868.